The molecule has 0 heterocycles. The van der Waals surface area contributed by atoms with Crippen molar-refractivity contribution in [3.63, 3.8) is 0 Å². The van der Waals surface area contributed by atoms with Crippen LogP contribution in [0.2, 0.25) is 0 Å². The fourth-order valence-electron chi connectivity index (χ4n) is 1.93. The van der Waals surface area contributed by atoms with Crippen LogP contribution < -0.4 is 4.74 Å². The Hall–Kier alpha value is -1.56. The van der Waals surface area contributed by atoms with Crippen LogP contribution in [0, 0.1) is 17.1 Å². The molecule has 1 aromatic carbocycles. The Morgan fingerprint density at radius 3 is 2.42 bits per heavy atom. The lowest BCUT2D eigenvalue weighted by Crippen LogP contribution is -1.99. The van der Waals surface area contributed by atoms with E-state index in [2.05, 4.69) is 6.92 Å². The zero-order chi connectivity index (χ0) is 13.9. The van der Waals surface area contributed by atoms with Gasteiger partial charge in [-0.25, -0.2) is 4.39 Å². The molecule has 0 aromatic heterocycles. The molecular weight excluding hydrogens is 241 g/mol. The number of nitrogens with zero attached hydrogens (tertiary/aromatic N) is 1. The van der Waals surface area contributed by atoms with Crippen molar-refractivity contribution >= 4 is 0 Å². The maximum absolute atomic E-state index is 13.5. The predicted molar refractivity (Wildman–Crippen MR) is 74.6 cm³/mol. The van der Waals surface area contributed by atoms with Crippen molar-refractivity contribution in [2.45, 2.75) is 51.9 Å². The van der Waals surface area contributed by atoms with E-state index in [0.29, 0.717) is 12.2 Å². The van der Waals surface area contributed by atoms with Gasteiger partial charge in [0.1, 0.15) is 0 Å². The number of nitriles is 1. The minimum atomic E-state index is -0.456. The Morgan fingerprint density at radius 2 is 1.79 bits per heavy atom. The van der Waals surface area contributed by atoms with Crippen molar-refractivity contribution in [1.29, 1.82) is 5.26 Å². The van der Waals surface area contributed by atoms with Crippen molar-refractivity contribution in [3.8, 4) is 11.8 Å². The van der Waals surface area contributed by atoms with Gasteiger partial charge in [-0.05, 0) is 24.6 Å². The molecule has 1 rings (SSSR count). The van der Waals surface area contributed by atoms with Crippen molar-refractivity contribution in [2.75, 3.05) is 6.61 Å². The Balaban J connectivity index is 2.14. The van der Waals surface area contributed by atoms with E-state index in [4.69, 9.17) is 10.00 Å². The molecule has 0 fully saturated rings. The first-order valence-electron chi connectivity index (χ1n) is 7.10. The molecule has 0 radical (unpaired) electrons. The number of hydrogen-bond donors (Lipinski definition) is 0. The molecular formula is C16H22FNO. The lowest BCUT2D eigenvalue weighted by molar-refractivity contribution is 0.290. The molecule has 0 amide bonds. The van der Waals surface area contributed by atoms with Crippen LogP contribution in [0.1, 0.15) is 57.4 Å². The molecule has 0 unspecified atom stereocenters. The number of unbranched alkanes of at least 4 members (excludes halogenated alkanes) is 6. The van der Waals surface area contributed by atoms with Gasteiger partial charge in [0.05, 0.1) is 18.2 Å². The molecule has 0 N–H and O–H groups in total. The Labute approximate surface area is 115 Å². The molecule has 2 nitrogen and oxygen atoms in total. The van der Waals surface area contributed by atoms with E-state index in [0.717, 1.165) is 12.8 Å². The highest BCUT2D eigenvalue weighted by molar-refractivity contribution is 5.35. The van der Waals surface area contributed by atoms with Crippen molar-refractivity contribution in [1.82, 2.24) is 0 Å². The number of rotatable bonds is 9. The fourth-order valence-corrected chi connectivity index (χ4v) is 1.93. The van der Waals surface area contributed by atoms with Gasteiger partial charge in [-0.1, -0.05) is 45.4 Å². The topological polar surface area (TPSA) is 33.0 Å². The summed E-state index contributed by atoms with van der Waals surface area (Å²) >= 11 is 0. The lowest BCUT2D eigenvalue weighted by Gasteiger charge is -2.07. The van der Waals surface area contributed by atoms with E-state index in [1.165, 1.54) is 44.2 Å². The van der Waals surface area contributed by atoms with Gasteiger partial charge in [0.2, 0.25) is 0 Å². The molecule has 0 spiro atoms. The van der Waals surface area contributed by atoms with E-state index in [-0.39, 0.29) is 5.75 Å². The number of hydrogen-bond acceptors (Lipinski definition) is 2. The summed E-state index contributed by atoms with van der Waals surface area (Å²) < 4.78 is 18.9. The third kappa shape index (κ3) is 6.24. The van der Waals surface area contributed by atoms with E-state index in [1.807, 2.05) is 6.07 Å². The van der Waals surface area contributed by atoms with E-state index in [9.17, 15) is 4.39 Å². The van der Waals surface area contributed by atoms with Gasteiger partial charge >= 0.3 is 0 Å². The highest BCUT2D eigenvalue weighted by atomic mass is 19.1. The molecule has 0 atom stereocenters. The molecule has 3 heteroatoms. The van der Waals surface area contributed by atoms with Crippen LogP contribution >= 0.6 is 0 Å². The van der Waals surface area contributed by atoms with Gasteiger partial charge in [-0.2, -0.15) is 5.26 Å². The van der Waals surface area contributed by atoms with Crippen LogP contribution in [-0.2, 0) is 0 Å². The van der Waals surface area contributed by atoms with Crippen molar-refractivity contribution in [2.24, 2.45) is 0 Å². The van der Waals surface area contributed by atoms with E-state index in [1.54, 1.807) is 6.07 Å². The summed E-state index contributed by atoms with van der Waals surface area (Å²) in [4.78, 5) is 0. The Morgan fingerprint density at radius 1 is 1.11 bits per heavy atom. The molecule has 0 aliphatic carbocycles. The van der Waals surface area contributed by atoms with E-state index >= 15 is 0 Å². The fraction of sp³-hybridized carbons (Fsp3) is 0.562. The summed E-state index contributed by atoms with van der Waals surface area (Å²) in [5, 5.41) is 8.63. The largest absolute Gasteiger partial charge is 0.491 e. The summed E-state index contributed by atoms with van der Waals surface area (Å²) in [6, 6.07) is 6.20. The standard InChI is InChI=1S/C16H22FNO/c1-2-3-4-5-6-7-8-11-19-16-10-9-14(13-18)12-15(16)17/h9-10,12H,2-8,11H2,1H3. The Kier molecular flexibility index (Phi) is 7.65. The maximum Gasteiger partial charge on any atom is 0.166 e. The summed E-state index contributed by atoms with van der Waals surface area (Å²) in [7, 11) is 0. The normalized spacial score (nSPS) is 10.2. The summed E-state index contributed by atoms with van der Waals surface area (Å²) in [6.45, 7) is 2.75. The van der Waals surface area contributed by atoms with Crippen LogP contribution in [0.4, 0.5) is 4.39 Å². The van der Waals surface area contributed by atoms with Crippen LogP contribution in [0.5, 0.6) is 5.75 Å². The first kappa shape index (κ1) is 15.5. The van der Waals surface area contributed by atoms with Crippen molar-refractivity contribution < 1.29 is 9.13 Å². The average Bonchev–Trinajstić information content (AvgIpc) is 2.43. The maximum atomic E-state index is 13.5. The molecule has 1 aromatic rings. The zero-order valence-corrected chi connectivity index (χ0v) is 11.6. The van der Waals surface area contributed by atoms with Gasteiger partial charge in [0.25, 0.3) is 0 Å². The molecule has 0 saturated heterocycles. The number of halogens is 1. The Bertz CT molecular complexity index is 412. The lowest BCUT2D eigenvalue weighted by atomic mass is 10.1. The smallest absolute Gasteiger partial charge is 0.166 e. The average molecular weight is 263 g/mol. The van der Waals surface area contributed by atoms with Gasteiger partial charge in [-0.15, -0.1) is 0 Å². The quantitative estimate of drug-likeness (QED) is 0.598. The van der Waals surface area contributed by atoms with Gasteiger partial charge in [0, 0.05) is 0 Å². The summed E-state index contributed by atoms with van der Waals surface area (Å²) in [5.41, 5.74) is 0.320. The van der Waals surface area contributed by atoms with Crippen molar-refractivity contribution in [3.05, 3.63) is 29.6 Å². The van der Waals surface area contributed by atoms with Gasteiger partial charge < -0.3 is 4.74 Å². The summed E-state index contributed by atoms with van der Waals surface area (Å²) in [5.74, 6) is -0.216. The van der Waals surface area contributed by atoms with Gasteiger partial charge in [-0.3, -0.25) is 0 Å². The molecule has 0 bridgehead atoms. The van der Waals surface area contributed by atoms with E-state index < -0.39 is 5.82 Å². The van der Waals surface area contributed by atoms with Crippen LogP contribution in [-0.4, -0.2) is 6.61 Å². The molecule has 0 saturated carbocycles. The molecule has 19 heavy (non-hydrogen) atoms. The minimum Gasteiger partial charge on any atom is -0.491 e. The number of ether oxygens (including phenoxy) is 1. The first-order chi connectivity index (χ1) is 9.27. The third-order valence-electron chi connectivity index (χ3n) is 3.07. The third-order valence-corrected chi connectivity index (χ3v) is 3.07. The molecule has 0 aliphatic rings. The number of benzene rings is 1. The van der Waals surface area contributed by atoms with Gasteiger partial charge in [0.15, 0.2) is 11.6 Å². The minimum absolute atomic E-state index is 0.241. The predicted octanol–water partition coefficient (Wildman–Crippen LogP) is 4.83. The first-order valence-corrected chi connectivity index (χ1v) is 7.10. The second-order valence-corrected chi connectivity index (χ2v) is 4.73. The molecule has 0 aliphatic heterocycles. The van der Waals surface area contributed by atoms with Crippen LogP contribution in [0.3, 0.4) is 0 Å². The monoisotopic (exact) mass is 263 g/mol. The van der Waals surface area contributed by atoms with Crippen LogP contribution in [0.15, 0.2) is 18.2 Å². The molecule has 104 valence electrons. The highest BCUT2D eigenvalue weighted by Crippen LogP contribution is 2.18. The zero-order valence-electron chi connectivity index (χ0n) is 11.6. The summed E-state index contributed by atoms with van der Waals surface area (Å²) in [6.07, 6.45) is 8.46. The highest BCUT2D eigenvalue weighted by Gasteiger charge is 2.04. The second kappa shape index (κ2) is 9.38. The second-order valence-electron chi connectivity index (χ2n) is 4.73. The SMILES string of the molecule is CCCCCCCCCOc1ccc(C#N)cc1F. The van der Waals surface area contributed by atoms with Crippen LogP contribution in [0.25, 0.3) is 0 Å².